The summed E-state index contributed by atoms with van der Waals surface area (Å²) in [5, 5.41) is 6.00. The number of benzene rings is 1. The minimum Gasteiger partial charge on any atom is -0.497 e. The highest BCUT2D eigenvalue weighted by Crippen LogP contribution is 2.16. The van der Waals surface area contributed by atoms with Crippen molar-refractivity contribution < 1.29 is 19.1 Å². The van der Waals surface area contributed by atoms with Crippen LogP contribution in [-0.4, -0.2) is 87.2 Å². The first kappa shape index (κ1) is 21.9. The maximum absolute atomic E-state index is 12.5. The quantitative estimate of drug-likeness (QED) is 0.508. The number of ether oxygens (including phenoxy) is 2. The van der Waals surface area contributed by atoms with Crippen LogP contribution in [0.25, 0.3) is 0 Å². The van der Waals surface area contributed by atoms with Crippen LogP contribution in [0.4, 0.5) is 0 Å². The predicted molar refractivity (Wildman–Crippen MR) is 113 cm³/mol. The minimum atomic E-state index is -0.275. The number of piperazine rings is 1. The van der Waals surface area contributed by atoms with Gasteiger partial charge in [0.2, 0.25) is 5.91 Å². The maximum Gasteiger partial charge on any atom is 0.251 e. The average molecular weight is 418 g/mol. The molecule has 1 aromatic carbocycles. The number of guanidine groups is 1. The van der Waals surface area contributed by atoms with Crippen molar-refractivity contribution in [3.63, 3.8) is 0 Å². The Bertz CT molecular complexity index is 738. The summed E-state index contributed by atoms with van der Waals surface area (Å²) in [5.74, 6) is 1.43. The Labute approximate surface area is 177 Å². The number of nitrogens with zero attached hydrogens (tertiary/aromatic N) is 3. The molecule has 2 aliphatic heterocycles. The van der Waals surface area contributed by atoms with Crippen LogP contribution in [0.2, 0.25) is 0 Å². The fourth-order valence-electron chi connectivity index (χ4n) is 3.61. The summed E-state index contributed by atoms with van der Waals surface area (Å²) in [4.78, 5) is 32.9. The van der Waals surface area contributed by atoms with Gasteiger partial charge in [0.05, 0.1) is 13.7 Å². The zero-order valence-corrected chi connectivity index (χ0v) is 17.7. The van der Waals surface area contributed by atoms with Crippen molar-refractivity contribution in [1.82, 2.24) is 20.4 Å². The number of carbonyl (C=O) groups is 2. The van der Waals surface area contributed by atoms with Crippen molar-refractivity contribution in [3.05, 3.63) is 29.8 Å². The number of amides is 2. The molecule has 0 aliphatic carbocycles. The molecule has 0 saturated carbocycles. The maximum atomic E-state index is 12.5. The van der Waals surface area contributed by atoms with Crippen molar-refractivity contribution in [2.24, 2.45) is 4.99 Å². The molecule has 2 amide bonds. The van der Waals surface area contributed by atoms with Crippen LogP contribution in [0.15, 0.2) is 29.3 Å². The number of methoxy groups -OCH3 is 1. The van der Waals surface area contributed by atoms with Crippen molar-refractivity contribution in [2.75, 3.05) is 53.5 Å². The Morgan fingerprint density at radius 1 is 1.13 bits per heavy atom. The van der Waals surface area contributed by atoms with Crippen molar-refractivity contribution >= 4 is 17.8 Å². The largest absolute Gasteiger partial charge is 0.497 e. The molecule has 1 unspecified atom stereocenters. The molecule has 2 N–H and O–H groups in total. The summed E-state index contributed by atoms with van der Waals surface area (Å²) >= 11 is 0. The van der Waals surface area contributed by atoms with E-state index in [9.17, 15) is 9.59 Å². The van der Waals surface area contributed by atoms with Gasteiger partial charge in [-0.3, -0.25) is 14.6 Å². The lowest BCUT2D eigenvalue weighted by Crippen LogP contribution is -2.56. The lowest BCUT2D eigenvalue weighted by Gasteiger charge is -2.37. The van der Waals surface area contributed by atoms with Crippen LogP contribution < -0.4 is 15.4 Å². The first-order valence-corrected chi connectivity index (χ1v) is 10.4. The predicted octanol–water partition coefficient (Wildman–Crippen LogP) is 0.210. The van der Waals surface area contributed by atoms with E-state index in [1.807, 2.05) is 29.2 Å². The van der Waals surface area contributed by atoms with E-state index in [0.717, 1.165) is 24.2 Å². The van der Waals surface area contributed by atoms with E-state index in [1.54, 1.807) is 14.2 Å². The molecule has 2 fully saturated rings. The zero-order chi connectivity index (χ0) is 21.3. The van der Waals surface area contributed by atoms with E-state index in [1.165, 1.54) is 0 Å². The number of rotatable bonds is 6. The molecule has 9 nitrogen and oxygen atoms in total. The van der Waals surface area contributed by atoms with Gasteiger partial charge in [-0.2, -0.15) is 0 Å². The lowest BCUT2D eigenvalue weighted by atomic mass is 10.2. The van der Waals surface area contributed by atoms with Crippen LogP contribution >= 0.6 is 0 Å². The summed E-state index contributed by atoms with van der Waals surface area (Å²) in [5.41, 5.74) is 1.00. The third-order valence-corrected chi connectivity index (χ3v) is 5.36. The molecule has 164 valence electrons. The summed E-state index contributed by atoms with van der Waals surface area (Å²) in [7, 11) is 3.32. The van der Waals surface area contributed by atoms with Crippen molar-refractivity contribution in [1.29, 1.82) is 0 Å². The minimum absolute atomic E-state index is 0.0907. The van der Waals surface area contributed by atoms with Crippen LogP contribution in [0, 0.1) is 0 Å². The lowest BCUT2D eigenvalue weighted by molar-refractivity contribution is -0.142. The molecule has 0 radical (unpaired) electrons. The second-order valence-electron chi connectivity index (χ2n) is 7.34. The SMILES string of the molecule is CN=C(NCC(=O)NCc1ccc(OC)cc1)N1CCN(C(=O)C2CCCO2)CC1. The molecule has 30 heavy (non-hydrogen) atoms. The molecule has 9 heteroatoms. The van der Waals surface area contributed by atoms with Crippen molar-refractivity contribution in [2.45, 2.75) is 25.5 Å². The Kier molecular flexibility index (Phi) is 7.89. The third-order valence-electron chi connectivity index (χ3n) is 5.36. The molecular formula is C21H31N5O4. The highest BCUT2D eigenvalue weighted by atomic mass is 16.5. The molecule has 1 atom stereocenters. The van der Waals surface area contributed by atoms with Gasteiger partial charge in [-0.25, -0.2) is 0 Å². The molecule has 0 aromatic heterocycles. The summed E-state index contributed by atoms with van der Waals surface area (Å²) in [6, 6.07) is 7.57. The number of carbonyl (C=O) groups excluding carboxylic acids is 2. The molecule has 1 aromatic rings. The van der Waals surface area contributed by atoms with E-state index < -0.39 is 0 Å². The topological polar surface area (TPSA) is 95.5 Å². The van der Waals surface area contributed by atoms with Gasteiger partial charge < -0.3 is 29.9 Å². The van der Waals surface area contributed by atoms with Gasteiger partial charge >= 0.3 is 0 Å². The number of nitrogens with one attached hydrogen (secondary N) is 2. The van der Waals surface area contributed by atoms with Gasteiger partial charge in [-0.15, -0.1) is 0 Å². The Morgan fingerprint density at radius 3 is 2.43 bits per heavy atom. The molecule has 2 heterocycles. The standard InChI is InChI=1S/C21H31N5O4/c1-22-21(24-15-19(27)23-14-16-5-7-17(29-2)8-6-16)26-11-9-25(10-12-26)20(28)18-4-3-13-30-18/h5-8,18H,3-4,9-15H2,1-2H3,(H,22,24)(H,23,27). The summed E-state index contributed by atoms with van der Waals surface area (Å²) in [6.07, 6.45) is 1.49. The first-order valence-electron chi connectivity index (χ1n) is 10.4. The molecular weight excluding hydrogens is 386 g/mol. The molecule has 0 spiro atoms. The highest BCUT2D eigenvalue weighted by molar-refractivity contribution is 5.87. The highest BCUT2D eigenvalue weighted by Gasteiger charge is 2.30. The van der Waals surface area contributed by atoms with Crippen LogP contribution in [0.5, 0.6) is 5.75 Å². The first-order chi connectivity index (χ1) is 14.6. The fourth-order valence-corrected chi connectivity index (χ4v) is 3.61. The summed E-state index contributed by atoms with van der Waals surface area (Å²) in [6.45, 7) is 3.86. The second kappa shape index (κ2) is 10.8. The van der Waals surface area contributed by atoms with Gasteiger partial charge in [-0.1, -0.05) is 12.1 Å². The third kappa shape index (κ3) is 5.85. The van der Waals surface area contributed by atoms with Gasteiger partial charge in [0, 0.05) is 46.4 Å². The van der Waals surface area contributed by atoms with E-state index in [-0.39, 0.29) is 24.5 Å². The second-order valence-corrected chi connectivity index (χ2v) is 7.34. The fraction of sp³-hybridized carbons (Fsp3) is 0.571. The normalized spacial score (nSPS) is 19.5. The molecule has 2 saturated heterocycles. The molecule has 3 rings (SSSR count). The van der Waals surface area contributed by atoms with Crippen LogP contribution in [0.3, 0.4) is 0 Å². The Balaban J connectivity index is 1.38. The van der Waals surface area contributed by atoms with E-state index in [2.05, 4.69) is 20.5 Å². The molecule has 0 bridgehead atoms. The van der Waals surface area contributed by atoms with Gasteiger partial charge in [0.1, 0.15) is 11.9 Å². The average Bonchev–Trinajstić information content (AvgIpc) is 3.33. The van der Waals surface area contributed by atoms with Gasteiger partial charge in [0.25, 0.3) is 5.91 Å². The van der Waals surface area contributed by atoms with Crippen LogP contribution in [-0.2, 0) is 20.9 Å². The number of hydrogen-bond acceptors (Lipinski definition) is 5. The van der Waals surface area contributed by atoms with E-state index in [4.69, 9.17) is 9.47 Å². The van der Waals surface area contributed by atoms with Crippen molar-refractivity contribution in [3.8, 4) is 5.75 Å². The van der Waals surface area contributed by atoms with E-state index in [0.29, 0.717) is 45.3 Å². The Morgan fingerprint density at radius 2 is 1.83 bits per heavy atom. The Hall–Kier alpha value is -2.81. The summed E-state index contributed by atoms with van der Waals surface area (Å²) < 4.78 is 10.6. The monoisotopic (exact) mass is 417 g/mol. The number of hydrogen-bond donors (Lipinski definition) is 2. The molecule has 2 aliphatic rings. The smallest absolute Gasteiger partial charge is 0.251 e. The van der Waals surface area contributed by atoms with Crippen LogP contribution in [0.1, 0.15) is 18.4 Å². The number of aliphatic imine (C=N–C) groups is 1. The van der Waals surface area contributed by atoms with Gasteiger partial charge in [0.15, 0.2) is 5.96 Å². The van der Waals surface area contributed by atoms with E-state index >= 15 is 0 Å². The zero-order valence-electron chi connectivity index (χ0n) is 17.7. The van der Waals surface area contributed by atoms with Gasteiger partial charge in [-0.05, 0) is 30.5 Å².